The smallest absolute Gasteiger partial charge is 0.744 e. The molecule has 0 fully saturated rings. The number of rotatable bonds is 6. The van der Waals surface area contributed by atoms with Crippen molar-refractivity contribution in [3.63, 3.8) is 0 Å². The van der Waals surface area contributed by atoms with Gasteiger partial charge in [-0.25, -0.2) is 16.8 Å². The molecule has 3 aromatic rings. The van der Waals surface area contributed by atoms with Gasteiger partial charge in [0, 0.05) is 15.8 Å². The summed E-state index contributed by atoms with van der Waals surface area (Å²) in [5, 5.41) is 12.2. The van der Waals surface area contributed by atoms with Crippen molar-refractivity contribution in [3.8, 4) is 11.5 Å². The fourth-order valence-corrected chi connectivity index (χ4v) is 4.45. The summed E-state index contributed by atoms with van der Waals surface area (Å²) in [6, 6.07) is 7.33. The van der Waals surface area contributed by atoms with Crippen LogP contribution in [0.2, 0.25) is 10.0 Å². The second-order valence-corrected chi connectivity index (χ2v) is 9.87. The monoisotopic (exact) mass is 565 g/mol. The predicted octanol–water partition coefficient (Wildman–Crippen LogP) is -3.31. The molecule has 16 heteroatoms. The minimum atomic E-state index is -5.13. The van der Waals surface area contributed by atoms with Crippen LogP contribution in [0.1, 0.15) is 0 Å². The van der Waals surface area contributed by atoms with Crippen molar-refractivity contribution >= 4 is 65.8 Å². The van der Waals surface area contributed by atoms with Gasteiger partial charge < -0.3 is 24.3 Å². The quantitative estimate of drug-likeness (QED) is 0.229. The van der Waals surface area contributed by atoms with Gasteiger partial charge in [-0.15, -0.1) is 0 Å². The summed E-state index contributed by atoms with van der Waals surface area (Å²) >= 11 is 11.7. The van der Waals surface area contributed by atoms with Gasteiger partial charge in [-0.3, -0.25) is 4.79 Å². The second kappa shape index (κ2) is 12.1. The molecule has 0 bridgehead atoms. The van der Waals surface area contributed by atoms with Crippen molar-refractivity contribution in [1.29, 1.82) is 0 Å². The summed E-state index contributed by atoms with van der Waals surface area (Å²) in [6.45, 7) is -0.557. The molecule has 170 valence electrons. The van der Waals surface area contributed by atoms with Crippen molar-refractivity contribution in [2.24, 2.45) is 0 Å². The van der Waals surface area contributed by atoms with Crippen molar-refractivity contribution < 1.29 is 99.7 Å². The van der Waals surface area contributed by atoms with Crippen molar-refractivity contribution in [3.05, 3.63) is 52.5 Å². The van der Waals surface area contributed by atoms with Gasteiger partial charge in [0.05, 0.1) is 20.5 Å². The number of fused-ring (bicyclic) bond motifs is 1. The maximum Gasteiger partial charge on any atom is 1.00 e. The standard InChI is InChI=1S/C18H13Cl2NO9S2.2Na/c19-9-1-3-15(12(20)5-9)30-8-17(23)21-13-2-4-16(32(27,28)29)11-6-10(31(24,25)26)7-14(22)18(11)13;;/h1-7,22H,8H2,(H,21,23)(H,24,25,26)(H,27,28,29);;/q;2*+1/p-2. The number of halogens is 2. The number of aromatic hydroxyl groups is 1. The van der Waals surface area contributed by atoms with Crippen LogP contribution in [0.15, 0.2) is 52.3 Å². The Balaban J connectivity index is 0.00000289. The molecule has 1 amide bonds. The minimum Gasteiger partial charge on any atom is -0.744 e. The van der Waals surface area contributed by atoms with Crippen LogP contribution in [0.4, 0.5) is 5.69 Å². The maximum absolute atomic E-state index is 12.3. The van der Waals surface area contributed by atoms with E-state index in [1.165, 1.54) is 18.2 Å². The number of phenols is 1. The molecule has 10 nitrogen and oxygen atoms in total. The number of ether oxygens (including phenoxy) is 1. The molecule has 0 aromatic heterocycles. The molecule has 0 aliphatic carbocycles. The van der Waals surface area contributed by atoms with Crippen LogP contribution in [0.3, 0.4) is 0 Å². The average Bonchev–Trinajstić information content (AvgIpc) is 2.65. The summed E-state index contributed by atoms with van der Waals surface area (Å²) < 4.78 is 74.0. The van der Waals surface area contributed by atoms with Crippen LogP contribution in [-0.4, -0.2) is 43.6 Å². The third-order valence-corrected chi connectivity index (χ3v) is 6.35. The molecule has 0 heterocycles. The summed E-state index contributed by atoms with van der Waals surface area (Å²) in [6.07, 6.45) is 0. The van der Waals surface area contributed by atoms with E-state index in [4.69, 9.17) is 27.9 Å². The first-order chi connectivity index (χ1) is 14.8. The van der Waals surface area contributed by atoms with E-state index < -0.39 is 53.7 Å². The fourth-order valence-electron chi connectivity index (χ4n) is 2.80. The van der Waals surface area contributed by atoms with Crippen LogP contribution in [0, 0.1) is 0 Å². The molecule has 0 spiro atoms. The number of nitrogens with one attached hydrogen (secondary N) is 1. The molecule has 0 aliphatic heterocycles. The summed E-state index contributed by atoms with van der Waals surface area (Å²) in [4.78, 5) is 10.5. The average molecular weight is 566 g/mol. The number of carbonyl (C=O) groups is 1. The van der Waals surface area contributed by atoms with Crippen LogP contribution in [0.5, 0.6) is 11.5 Å². The van der Waals surface area contributed by atoms with Gasteiger partial charge in [0.1, 0.15) is 31.7 Å². The molecular weight excluding hydrogens is 555 g/mol. The van der Waals surface area contributed by atoms with Gasteiger partial charge in [-0.1, -0.05) is 23.2 Å². The molecule has 3 aromatic carbocycles. The summed E-state index contributed by atoms with van der Waals surface area (Å²) in [5.41, 5.74) is -0.171. The first kappa shape index (κ1) is 31.4. The zero-order valence-corrected chi connectivity index (χ0v) is 24.7. The fraction of sp³-hybridized carbons (Fsp3) is 0.0556. The van der Waals surface area contributed by atoms with Gasteiger partial charge in [-0.2, -0.15) is 0 Å². The molecule has 34 heavy (non-hydrogen) atoms. The van der Waals surface area contributed by atoms with Gasteiger partial charge in [-0.05, 0) is 42.5 Å². The van der Waals surface area contributed by atoms with E-state index in [0.29, 0.717) is 17.2 Å². The van der Waals surface area contributed by atoms with Crippen molar-refractivity contribution in [2.45, 2.75) is 9.79 Å². The molecule has 0 aliphatic rings. The number of hydrogen-bond acceptors (Lipinski definition) is 9. The summed E-state index contributed by atoms with van der Waals surface area (Å²) in [5.74, 6) is -1.47. The predicted molar refractivity (Wildman–Crippen MR) is 112 cm³/mol. The van der Waals surface area contributed by atoms with E-state index >= 15 is 0 Å². The van der Waals surface area contributed by atoms with E-state index in [-0.39, 0.29) is 81.0 Å². The minimum absolute atomic E-state index is 0. The van der Waals surface area contributed by atoms with Crippen molar-refractivity contribution in [2.75, 3.05) is 11.9 Å². The van der Waals surface area contributed by atoms with E-state index in [0.717, 1.165) is 12.1 Å². The third kappa shape index (κ3) is 7.45. The SMILES string of the molecule is O=C(COc1ccc(Cl)cc1Cl)Nc1ccc(S(=O)(=O)[O-])c2cc(S(=O)(=O)[O-])cc(O)c12.[Na+].[Na+]. The van der Waals surface area contributed by atoms with E-state index in [1.54, 1.807) is 0 Å². The van der Waals surface area contributed by atoms with E-state index in [9.17, 15) is 35.8 Å². The molecule has 0 atom stereocenters. The number of phenolic OH excluding ortho intramolecular Hbond substituents is 1. The zero-order valence-electron chi connectivity index (χ0n) is 17.5. The zero-order chi connectivity index (χ0) is 23.8. The van der Waals surface area contributed by atoms with Gasteiger partial charge in [0.15, 0.2) is 6.61 Å². The van der Waals surface area contributed by atoms with Crippen LogP contribution < -0.4 is 69.2 Å². The van der Waals surface area contributed by atoms with E-state index in [2.05, 4.69) is 5.32 Å². The molecule has 3 rings (SSSR count). The third-order valence-electron chi connectivity index (χ3n) is 4.11. The maximum atomic E-state index is 12.3. The number of benzene rings is 3. The molecule has 0 radical (unpaired) electrons. The molecule has 0 unspecified atom stereocenters. The first-order valence-electron chi connectivity index (χ1n) is 8.36. The Morgan fingerprint density at radius 1 is 0.971 bits per heavy atom. The number of amides is 1. The Bertz CT molecular complexity index is 1470. The van der Waals surface area contributed by atoms with Crippen LogP contribution in [-0.2, 0) is 25.0 Å². The Morgan fingerprint density at radius 3 is 2.18 bits per heavy atom. The van der Waals surface area contributed by atoms with E-state index in [1.807, 2.05) is 0 Å². The Labute approximate surface area is 248 Å². The molecule has 2 N–H and O–H groups in total. The Kier molecular flexibility index (Phi) is 11.2. The normalized spacial score (nSPS) is 11.3. The number of carbonyl (C=O) groups excluding carboxylic acids is 1. The van der Waals surface area contributed by atoms with Gasteiger partial charge >= 0.3 is 59.1 Å². The molecular formula is C18H11Cl2NNa2O9S2. The largest absolute Gasteiger partial charge is 1.00 e. The summed E-state index contributed by atoms with van der Waals surface area (Å²) in [7, 11) is -10.2. The van der Waals surface area contributed by atoms with Crippen molar-refractivity contribution in [1.82, 2.24) is 0 Å². The topological polar surface area (TPSA) is 173 Å². The van der Waals surface area contributed by atoms with Gasteiger partial charge in [0.2, 0.25) is 0 Å². The Hall–Kier alpha value is -0.610. The molecule has 0 saturated carbocycles. The Morgan fingerprint density at radius 2 is 1.62 bits per heavy atom. The van der Waals surface area contributed by atoms with Gasteiger partial charge in [0.25, 0.3) is 5.91 Å². The first-order valence-corrected chi connectivity index (χ1v) is 11.9. The van der Waals surface area contributed by atoms with Crippen LogP contribution in [0.25, 0.3) is 10.8 Å². The molecule has 0 saturated heterocycles. The number of hydrogen-bond donors (Lipinski definition) is 2. The second-order valence-electron chi connectivity index (χ2n) is 6.30. The van der Waals surface area contributed by atoms with Crippen LogP contribution >= 0.6 is 23.2 Å². The number of anilines is 1.